The molecule has 5 nitrogen and oxygen atoms in total. The van der Waals surface area contributed by atoms with Crippen molar-refractivity contribution < 1.29 is 9.84 Å². The number of hydrogen-bond acceptors (Lipinski definition) is 5. The number of ether oxygens (including phenoxy) is 1. The van der Waals surface area contributed by atoms with Crippen LogP contribution in [0.4, 0.5) is 5.82 Å². The first-order chi connectivity index (χ1) is 13.0. The number of aliphatic hydroxyl groups is 1. The molecule has 0 aliphatic heterocycles. The van der Waals surface area contributed by atoms with E-state index in [4.69, 9.17) is 4.74 Å². The maximum atomic E-state index is 9.49. The van der Waals surface area contributed by atoms with Crippen LogP contribution >= 0.6 is 0 Å². The molecule has 5 heteroatoms. The van der Waals surface area contributed by atoms with Crippen LogP contribution in [-0.4, -0.2) is 30.4 Å². The van der Waals surface area contributed by atoms with Crippen LogP contribution < -0.4 is 10.1 Å². The molecule has 1 aromatic heterocycles. The molecule has 0 radical (unpaired) electrons. The third-order valence-corrected chi connectivity index (χ3v) is 4.58. The van der Waals surface area contributed by atoms with E-state index >= 15 is 0 Å². The fourth-order valence-corrected chi connectivity index (χ4v) is 2.91. The Balaban J connectivity index is 2.16. The van der Waals surface area contributed by atoms with Gasteiger partial charge < -0.3 is 15.2 Å². The van der Waals surface area contributed by atoms with Crippen LogP contribution in [0.1, 0.15) is 19.4 Å². The minimum Gasteiger partial charge on any atom is -0.496 e. The van der Waals surface area contributed by atoms with Gasteiger partial charge in [-0.1, -0.05) is 32.0 Å². The summed E-state index contributed by atoms with van der Waals surface area (Å²) >= 11 is 0. The highest BCUT2D eigenvalue weighted by Gasteiger charge is 2.18. The van der Waals surface area contributed by atoms with E-state index in [1.807, 2.05) is 50.2 Å². The molecule has 2 aromatic carbocycles. The fourth-order valence-electron chi connectivity index (χ4n) is 2.91. The van der Waals surface area contributed by atoms with Crippen molar-refractivity contribution in [1.29, 1.82) is 5.26 Å². The average molecular weight is 361 g/mol. The Morgan fingerprint density at radius 2 is 1.93 bits per heavy atom. The molecule has 0 bridgehead atoms. The van der Waals surface area contributed by atoms with Crippen LogP contribution in [0, 0.1) is 16.7 Å². The lowest BCUT2D eigenvalue weighted by Gasteiger charge is -2.23. The molecule has 0 saturated carbocycles. The van der Waals surface area contributed by atoms with Crippen LogP contribution in [0.15, 0.2) is 48.7 Å². The van der Waals surface area contributed by atoms with E-state index in [9.17, 15) is 10.4 Å². The number of nitrogens with one attached hydrogen (secondary N) is 1. The van der Waals surface area contributed by atoms with Gasteiger partial charge in [0.15, 0.2) is 0 Å². The predicted octanol–water partition coefficient (Wildman–Crippen LogP) is 4.21. The lowest BCUT2D eigenvalue weighted by molar-refractivity contribution is 0.171. The fraction of sp³-hybridized carbons (Fsp3) is 0.273. The topological polar surface area (TPSA) is 78.2 Å². The summed E-state index contributed by atoms with van der Waals surface area (Å²) in [5.74, 6) is 1.49. The molecule has 3 aromatic rings. The number of fused-ring (bicyclic) bond motifs is 1. The van der Waals surface area contributed by atoms with Crippen LogP contribution in [0.2, 0.25) is 0 Å². The molecule has 0 atom stereocenters. The number of aromatic nitrogens is 1. The number of nitriles is 1. The second kappa shape index (κ2) is 7.65. The van der Waals surface area contributed by atoms with Gasteiger partial charge in [-0.15, -0.1) is 0 Å². The minimum atomic E-state index is -0.262. The van der Waals surface area contributed by atoms with Gasteiger partial charge in [-0.25, -0.2) is 4.98 Å². The molecule has 0 aliphatic carbocycles. The van der Waals surface area contributed by atoms with Gasteiger partial charge in [0, 0.05) is 41.3 Å². The predicted molar refractivity (Wildman–Crippen MR) is 108 cm³/mol. The molecule has 138 valence electrons. The lowest BCUT2D eigenvalue weighted by Crippen LogP contribution is -2.27. The molecule has 2 N–H and O–H groups in total. The first kappa shape index (κ1) is 18.7. The summed E-state index contributed by atoms with van der Waals surface area (Å²) in [6.07, 6.45) is 1.80. The number of anilines is 1. The van der Waals surface area contributed by atoms with Gasteiger partial charge in [0.1, 0.15) is 11.6 Å². The van der Waals surface area contributed by atoms with Gasteiger partial charge in [0.25, 0.3) is 0 Å². The molecule has 0 fully saturated rings. The average Bonchev–Trinajstić information content (AvgIpc) is 2.71. The Labute approximate surface area is 159 Å². The minimum absolute atomic E-state index is 0.0792. The van der Waals surface area contributed by atoms with Gasteiger partial charge in [0.05, 0.1) is 18.7 Å². The van der Waals surface area contributed by atoms with Crippen molar-refractivity contribution in [2.75, 3.05) is 25.6 Å². The molecular weight excluding hydrogens is 338 g/mol. The third kappa shape index (κ3) is 3.86. The normalized spacial score (nSPS) is 11.2. The Kier molecular flexibility index (Phi) is 5.29. The second-order valence-electron chi connectivity index (χ2n) is 7.27. The van der Waals surface area contributed by atoms with E-state index in [0.717, 1.165) is 33.5 Å². The van der Waals surface area contributed by atoms with Crippen LogP contribution in [0.5, 0.6) is 5.75 Å². The van der Waals surface area contributed by atoms with E-state index in [0.29, 0.717) is 12.1 Å². The molecule has 0 unspecified atom stereocenters. The van der Waals surface area contributed by atoms with Crippen molar-refractivity contribution >= 4 is 16.6 Å². The Morgan fingerprint density at radius 3 is 2.63 bits per heavy atom. The Hall–Kier alpha value is -3.10. The van der Waals surface area contributed by atoms with Crippen LogP contribution in [0.25, 0.3) is 21.9 Å². The van der Waals surface area contributed by atoms with E-state index in [1.165, 1.54) is 0 Å². The Morgan fingerprint density at radius 1 is 1.15 bits per heavy atom. The molecule has 0 amide bonds. The van der Waals surface area contributed by atoms with E-state index in [1.54, 1.807) is 19.4 Å². The van der Waals surface area contributed by atoms with Crippen molar-refractivity contribution in [2.24, 2.45) is 5.41 Å². The quantitative estimate of drug-likeness (QED) is 0.687. The number of pyridine rings is 1. The zero-order chi connectivity index (χ0) is 19.4. The van der Waals surface area contributed by atoms with Crippen LogP contribution in [0.3, 0.4) is 0 Å². The number of benzene rings is 2. The summed E-state index contributed by atoms with van der Waals surface area (Å²) in [4.78, 5) is 4.62. The van der Waals surface area contributed by atoms with E-state index in [-0.39, 0.29) is 12.0 Å². The lowest BCUT2D eigenvalue weighted by atomic mass is 9.94. The first-order valence-electron chi connectivity index (χ1n) is 8.80. The molecule has 0 saturated heterocycles. The summed E-state index contributed by atoms with van der Waals surface area (Å²) in [6.45, 7) is 4.63. The second-order valence-corrected chi connectivity index (χ2v) is 7.27. The smallest absolute Gasteiger partial charge is 0.133 e. The van der Waals surface area contributed by atoms with Crippen molar-refractivity contribution in [1.82, 2.24) is 4.98 Å². The zero-order valence-electron chi connectivity index (χ0n) is 15.8. The van der Waals surface area contributed by atoms with Gasteiger partial charge in [0.2, 0.25) is 0 Å². The highest BCUT2D eigenvalue weighted by Crippen LogP contribution is 2.37. The van der Waals surface area contributed by atoms with Gasteiger partial charge in [-0.2, -0.15) is 5.26 Å². The molecule has 27 heavy (non-hydrogen) atoms. The molecule has 0 aliphatic rings. The summed E-state index contributed by atoms with van der Waals surface area (Å²) in [6, 6.07) is 15.5. The summed E-state index contributed by atoms with van der Waals surface area (Å²) in [7, 11) is 1.64. The SMILES string of the molecule is COc1ccccc1-c1cnc(NCC(C)(C)CO)c2ccc(C#N)cc12. The van der Waals surface area contributed by atoms with Crippen molar-refractivity contribution in [3.8, 4) is 22.9 Å². The maximum Gasteiger partial charge on any atom is 0.133 e. The van der Waals surface area contributed by atoms with Gasteiger partial charge >= 0.3 is 0 Å². The van der Waals surface area contributed by atoms with Crippen molar-refractivity contribution in [3.63, 3.8) is 0 Å². The van der Waals surface area contributed by atoms with Crippen molar-refractivity contribution in [2.45, 2.75) is 13.8 Å². The largest absolute Gasteiger partial charge is 0.496 e. The van der Waals surface area contributed by atoms with Gasteiger partial charge in [-0.3, -0.25) is 0 Å². The number of rotatable bonds is 6. The maximum absolute atomic E-state index is 9.49. The summed E-state index contributed by atoms with van der Waals surface area (Å²) in [5, 5.41) is 24.0. The number of hydrogen-bond donors (Lipinski definition) is 2. The number of para-hydroxylation sites is 1. The first-order valence-corrected chi connectivity index (χ1v) is 8.80. The summed E-state index contributed by atoms with van der Waals surface area (Å²) in [5.41, 5.74) is 2.16. The van der Waals surface area contributed by atoms with Gasteiger partial charge in [-0.05, 0) is 29.7 Å². The number of nitrogens with zero attached hydrogens (tertiary/aromatic N) is 2. The number of methoxy groups -OCH3 is 1. The standard InChI is InChI=1S/C22H23N3O2/c1-22(2,14-26)13-25-21-17-9-8-15(11-23)10-18(17)19(12-24-21)16-6-4-5-7-20(16)27-3/h4-10,12,26H,13-14H2,1-3H3,(H,24,25). The molecule has 3 rings (SSSR count). The molecule has 0 spiro atoms. The van der Waals surface area contributed by atoms with Crippen molar-refractivity contribution in [3.05, 3.63) is 54.2 Å². The molecule has 1 heterocycles. The van der Waals surface area contributed by atoms with E-state index < -0.39 is 0 Å². The molecular formula is C22H23N3O2. The Bertz CT molecular complexity index is 1010. The van der Waals surface area contributed by atoms with Crippen LogP contribution in [-0.2, 0) is 0 Å². The summed E-state index contributed by atoms with van der Waals surface area (Å²) < 4.78 is 5.51. The highest BCUT2D eigenvalue weighted by molar-refractivity contribution is 6.03. The van der Waals surface area contributed by atoms with E-state index in [2.05, 4.69) is 16.4 Å². The monoisotopic (exact) mass is 361 g/mol. The highest BCUT2D eigenvalue weighted by atomic mass is 16.5. The third-order valence-electron chi connectivity index (χ3n) is 4.58. The zero-order valence-corrected chi connectivity index (χ0v) is 15.8. The number of aliphatic hydroxyl groups excluding tert-OH is 1.